The average Bonchev–Trinajstić information content (AvgIpc) is 3.07. The minimum Gasteiger partial charge on any atom is -0.199 e. The maximum Gasteiger partial charge on any atom is 0.285 e. The van der Waals surface area contributed by atoms with Crippen molar-refractivity contribution in [3.63, 3.8) is 0 Å². The van der Waals surface area contributed by atoms with Crippen molar-refractivity contribution in [3.8, 4) is 0 Å². The van der Waals surface area contributed by atoms with Crippen LogP contribution in [0.5, 0.6) is 0 Å². The summed E-state index contributed by atoms with van der Waals surface area (Å²) in [5.74, 6) is 0.310. The van der Waals surface area contributed by atoms with Gasteiger partial charge < -0.3 is 0 Å². The number of thiophene rings is 1. The molecule has 0 spiro atoms. The summed E-state index contributed by atoms with van der Waals surface area (Å²) in [5.41, 5.74) is 2.02. The average molecular weight is 290 g/mol. The number of nitrogens with zero attached hydrogens (tertiary/aromatic N) is 4. The van der Waals surface area contributed by atoms with Gasteiger partial charge in [0.1, 0.15) is 10.4 Å². The third kappa shape index (κ3) is 1.41. The molecule has 1 aliphatic rings. The van der Waals surface area contributed by atoms with Crippen molar-refractivity contribution in [1.29, 1.82) is 0 Å². The smallest absolute Gasteiger partial charge is 0.199 e. The molecule has 0 fully saturated rings. The van der Waals surface area contributed by atoms with Crippen molar-refractivity contribution in [2.24, 2.45) is 4.40 Å². The minimum absolute atomic E-state index is 0.243. The number of sulfonamides is 1. The molecule has 0 radical (unpaired) electrons. The van der Waals surface area contributed by atoms with Gasteiger partial charge >= 0.3 is 0 Å². The number of hydrogen-bond donors (Lipinski definition) is 0. The Balaban J connectivity index is 2.05. The third-order valence-electron chi connectivity index (χ3n) is 2.90. The number of para-hydroxylation sites is 1. The molecule has 0 unspecified atom stereocenters. The Morgan fingerprint density at radius 3 is 2.89 bits per heavy atom. The molecule has 1 aromatic carbocycles. The zero-order valence-corrected chi connectivity index (χ0v) is 11.0. The maximum atomic E-state index is 11.9. The van der Waals surface area contributed by atoms with Gasteiger partial charge in [0.2, 0.25) is 0 Å². The molecule has 3 heterocycles. The van der Waals surface area contributed by atoms with E-state index < -0.39 is 10.0 Å². The number of benzene rings is 1. The minimum atomic E-state index is -3.60. The summed E-state index contributed by atoms with van der Waals surface area (Å²) in [5, 5.41) is 11.3. The summed E-state index contributed by atoms with van der Waals surface area (Å²) in [6, 6.07) is 7.34. The number of rotatable bonds is 0. The fourth-order valence-corrected chi connectivity index (χ4v) is 4.38. The Morgan fingerprint density at radius 1 is 1.16 bits per heavy atom. The van der Waals surface area contributed by atoms with Crippen LogP contribution in [0.3, 0.4) is 0 Å². The molecule has 0 N–H and O–H groups in total. The van der Waals surface area contributed by atoms with Crippen LogP contribution in [-0.2, 0) is 10.0 Å². The summed E-state index contributed by atoms with van der Waals surface area (Å²) in [6.45, 7) is 0. The quantitative estimate of drug-likeness (QED) is 0.628. The third-order valence-corrected chi connectivity index (χ3v) is 5.10. The molecule has 0 saturated heterocycles. The van der Waals surface area contributed by atoms with Crippen molar-refractivity contribution >= 4 is 38.2 Å². The topological polar surface area (TPSA) is 77.2 Å². The van der Waals surface area contributed by atoms with Crippen LogP contribution < -0.4 is 0 Å². The molecule has 0 saturated carbocycles. The monoisotopic (exact) mass is 290 g/mol. The van der Waals surface area contributed by atoms with Gasteiger partial charge in [-0.25, -0.2) is 0 Å². The van der Waals surface area contributed by atoms with Gasteiger partial charge in [0.25, 0.3) is 10.0 Å². The molecule has 6 nitrogen and oxygen atoms in total. The van der Waals surface area contributed by atoms with E-state index in [1.54, 1.807) is 10.8 Å². The first kappa shape index (κ1) is 10.8. The van der Waals surface area contributed by atoms with E-state index >= 15 is 0 Å². The van der Waals surface area contributed by atoms with Gasteiger partial charge in [-0.3, -0.25) is 0 Å². The van der Waals surface area contributed by atoms with Gasteiger partial charge in [0.15, 0.2) is 5.84 Å². The fourth-order valence-electron chi connectivity index (χ4n) is 2.04. The lowest BCUT2D eigenvalue weighted by Crippen LogP contribution is -2.12. The summed E-state index contributed by atoms with van der Waals surface area (Å²) >= 11 is 1.33. The Hall–Kier alpha value is -2.06. The van der Waals surface area contributed by atoms with Gasteiger partial charge in [0.05, 0.1) is 11.1 Å². The van der Waals surface area contributed by atoms with E-state index in [0.717, 1.165) is 5.52 Å². The van der Waals surface area contributed by atoms with E-state index in [1.165, 1.54) is 16.0 Å². The molecule has 4 rings (SSSR count). The fraction of sp³-hybridized carbons (Fsp3) is 0. The van der Waals surface area contributed by atoms with Crippen LogP contribution in [0.1, 0.15) is 5.56 Å². The van der Waals surface area contributed by atoms with Gasteiger partial charge in [-0.15, -0.1) is 9.50 Å². The van der Waals surface area contributed by atoms with Crippen LogP contribution in [0.25, 0.3) is 11.0 Å². The molecule has 1 aliphatic heterocycles. The first-order valence-corrected chi connectivity index (χ1v) is 7.77. The Morgan fingerprint density at radius 2 is 2.00 bits per heavy atom. The zero-order valence-electron chi connectivity index (χ0n) is 9.39. The van der Waals surface area contributed by atoms with Gasteiger partial charge in [-0.05, 0) is 12.1 Å². The van der Waals surface area contributed by atoms with E-state index in [4.69, 9.17) is 0 Å². The molecular formula is C11H6N4O2S2. The second kappa shape index (κ2) is 3.49. The summed E-state index contributed by atoms with van der Waals surface area (Å²) < 4.78 is 29.1. The highest BCUT2D eigenvalue weighted by Crippen LogP contribution is 2.30. The number of aromatic nitrogens is 3. The molecule has 0 amide bonds. The van der Waals surface area contributed by atoms with E-state index in [9.17, 15) is 8.42 Å². The SMILES string of the molecule is O=S1(=O)N=C(n2nnc3ccccc32)c2cscc21. The van der Waals surface area contributed by atoms with E-state index in [2.05, 4.69) is 14.7 Å². The highest BCUT2D eigenvalue weighted by atomic mass is 32.2. The molecule has 8 heteroatoms. The lowest BCUT2D eigenvalue weighted by molar-refractivity contribution is 0.599. The molecule has 94 valence electrons. The molecule has 3 aromatic rings. The number of hydrogen-bond acceptors (Lipinski definition) is 5. The van der Waals surface area contributed by atoms with Crippen molar-refractivity contribution in [1.82, 2.24) is 15.0 Å². The van der Waals surface area contributed by atoms with Gasteiger partial charge in [0, 0.05) is 10.8 Å². The first-order valence-electron chi connectivity index (χ1n) is 5.39. The van der Waals surface area contributed by atoms with Crippen LogP contribution in [0.15, 0.2) is 44.3 Å². The van der Waals surface area contributed by atoms with Crippen LogP contribution in [-0.4, -0.2) is 29.2 Å². The lowest BCUT2D eigenvalue weighted by atomic mass is 10.3. The highest BCUT2D eigenvalue weighted by molar-refractivity contribution is 7.91. The molecular weight excluding hydrogens is 284 g/mol. The lowest BCUT2D eigenvalue weighted by Gasteiger charge is -1.99. The molecule has 2 aromatic heterocycles. The van der Waals surface area contributed by atoms with Crippen LogP contribution >= 0.6 is 11.3 Å². The second-order valence-corrected chi connectivity index (χ2v) is 6.35. The largest absolute Gasteiger partial charge is 0.285 e. The number of fused-ring (bicyclic) bond motifs is 2. The molecule has 0 aliphatic carbocycles. The Kier molecular flexibility index (Phi) is 1.99. The van der Waals surface area contributed by atoms with Gasteiger partial charge in [-0.1, -0.05) is 17.3 Å². The van der Waals surface area contributed by atoms with Crippen molar-refractivity contribution in [3.05, 3.63) is 40.6 Å². The molecule has 0 atom stereocenters. The predicted octanol–water partition coefficient (Wildman–Crippen LogP) is 1.49. The summed E-state index contributed by atoms with van der Waals surface area (Å²) in [4.78, 5) is 0.243. The van der Waals surface area contributed by atoms with Crippen LogP contribution in [0.2, 0.25) is 0 Å². The normalized spacial score (nSPS) is 16.5. The molecule has 19 heavy (non-hydrogen) atoms. The van der Waals surface area contributed by atoms with Crippen molar-refractivity contribution < 1.29 is 8.42 Å². The predicted molar refractivity (Wildman–Crippen MR) is 71.0 cm³/mol. The van der Waals surface area contributed by atoms with Crippen LogP contribution in [0.4, 0.5) is 0 Å². The first-order chi connectivity index (χ1) is 9.17. The standard InChI is InChI=1S/C11H6N4O2S2/c16-19(17)10-6-18-5-7(10)11(13-19)15-9-4-2-1-3-8(9)12-14-15/h1-6H. The van der Waals surface area contributed by atoms with Crippen LogP contribution in [0, 0.1) is 0 Å². The van der Waals surface area contributed by atoms with Gasteiger partial charge in [-0.2, -0.15) is 24.4 Å². The Bertz CT molecular complexity index is 936. The highest BCUT2D eigenvalue weighted by Gasteiger charge is 2.32. The van der Waals surface area contributed by atoms with Crippen molar-refractivity contribution in [2.75, 3.05) is 0 Å². The Labute approximate surface area is 112 Å². The summed E-state index contributed by atoms with van der Waals surface area (Å²) in [7, 11) is -3.60. The summed E-state index contributed by atoms with van der Waals surface area (Å²) in [6.07, 6.45) is 0. The van der Waals surface area contributed by atoms with E-state index in [0.29, 0.717) is 16.9 Å². The van der Waals surface area contributed by atoms with E-state index in [1.807, 2.05) is 24.3 Å². The zero-order chi connectivity index (χ0) is 13.0. The second-order valence-electron chi connectivity index (χ2n) is 4.03. The molecule has 0 bridgehead atoms. The maximum absolute atomic E-state index is 11.9. The van der Waals surface area contributed by atoms with E-state index in [-0.39, 0.29) is 4.90 Å². The van der Waals surface area contributed by atoms with Crippen molar-refractivity contribution in [2.45, 2.75) is 4.90 Å².